The highest BCUT2D eigenvalue weighted by Gasteiger charge is 2.38. The third-order valence-electron chi connectivity index (χ3n) is 6.70. The van der Waals surface area contributed by atoms with Gasteiger partial charge in [-0.3, -0.25) is 9.69 Å². The number of carbonyl (C=O) groups is 1. The van der Waals surface area contributed by atoms with Crippen molar-refractivity contribution in [2.75, 3.05) is 26.2 Å². The van der Waals surface area contributed by atoms with Gasteiger partial charge in [-0.05, 0) is 38.3 Å². The molecule has 0 unspecified atom stereocenters. The van der Waals surface area contributed by atoms with E-state index in [1.165, 1.54) is 15.8 Å². The van der Waals surface area contributed by atoms with Crippen LogP contribution >= 0.6 is 0 Å². The van der Waals surface area contributed by atoms with Crippen molar-refractivity contribution >= 4 is 16.9 Å². The summed E-state index contributed by atoms with van der Waals surface area (Å²) in [5.41, 5.74) is 2.60. The molecule has 1 saturated carbocycles. The maximum Gasteiger partial charge on any atom is 0.417 e. The van der Waals surface area contributed by atoms with Crippen molar-refractivity contribution in [3.8, 4) is 0 Å². The third-order valence-corrected chi connectivity index (χ3v) is 6.70. The largest absolute Gasteiger partial charge is 0.417 e. The van der Waals surface area contributed by atoms with Crippen LogP contribution in [0.2, 0.25) is 0 Å². The SMILES string of the molecule is Cc1cccc(CN2CCN(C(=O)Cn3nc(C)c4c(C(F)(F)F)cc(C5CC5)nc43)CC2)c1. The molecule has 1 saturated heterocycles. The van der Waals surface area contributed by atoms with E-state index in [4.69, 9.17) is 0 Å². The minimum atomic E-state index is -4.50. The molecule has 0 radical (unpaired) electrons. The summed E-state index contributed by atoms with van der Waals surface area (Å²) in [5, 5.41) is 4.29. The first-order valence-corrected chi connectivity index (χ1v) is 11.7. The fraction of sp³-hybridized carbons (Fsp3) is 0.480. The number of carbonyl (C=O) groups excluding carboxylic acids is 1. The highest BCUT2D eigenvalue weighted by Crippen LogP contribution is 2.43. The molecule has 9 heteroatoms. The molecule has 3 aromatic rings. The van der Waals surface area contributed by atoms with E-state index in [0.29, 0.717) is 18.8 Å². The lowest BCUT2D eigenvalue weighted by atomic mass is 10.1. The molecule has 5 rings (SSSR count). The molecule has 2 aliphatic rings. The molecular weight excluding hydrogens is 443 g/mol. The monoisotopic (exact) mass is 471 g/mol. The number of alkyl halides is 3. The molecule has 1 aliphatic heterocycles. The molecule has 0 spiro atoms. The van der Waals surface area contributed by atoms with E-state index in [1.54, 1.807) is 11.8 Å². The number of nitrogens with zero attached hydrogens (tertiary/aromatic N) is 5. The Morgan fingerprint density at radius 2 is 1.82 bits per heavy atom. The lowest BCUT2D eigenvalue weighted by Gasteiger charge is -2.34. The Labute approximate surface area is 196 Å². The Kier molecular flexibility index (Phi) is 5.83. The summed E-state index contributed by atoms with van der Waals surface area (Å²) in [5.74, 6) is -0.0851. The van der Waals surface area contributed by atoms with E-state index in [-0.39, 0.29) is 35.1 Å². The molecule has 6 nitrogen and oxygen atoms in total. The Morgan fingerprint density at radius 3 is 2.47 bits per heavy atom. The van der Waals surface area contributed by atoms with Gasteiger partial charge in [-0.15, -0.1) is 0 Å². The van der Waals surface area contributed by atoms with Crippen molar-refractivity contribution in [1.82, 2.24) is 24.6 Å². The number of hydrogen-bond donors (Lipinski definition) is 0. The van der Waals surface area contributed by atoms with Crippen molar-refractivity contribution < 1.29 is 18.0 Å². The first kappa shape index (κ1) is 22.8. The molecule has 0 N–H and O–H groups in total. The number of aromatic nitrogens is 3. The maximum atomic E-state index is 13.8. The van der Waals surface area contributed by atoms with Crippen molar-refractivity contribution in [3.63, 3.8) is 0 Å². The average Bonchev–Trinajstić information content (AvgIpc) is 3.58. The number of rotatable bonds is 5. The van der Waals surface area contributed by atoms with Crippen LogP contribution in [0.25, 0.3) is 11.0 Å². The summed E-state index contributed by atoms with van der Waals surface area (Å²) in [6, 6.07) is 9.55. The number of piperazine rings is 1. The van der Waals surface area contributed by atoms with Crippen LogP contribution in [-0.2, 0) is 24.1 Å². The van der Waals surface area contributed by atoms with Crippen LogP contribution in [0, 0.1) is 13.8 Å². The predicted molar refractivity (Wildman–Crippen MR) is 122 cm³/mol. The topological polar surface area (TPSA) is 54.3 Å². The maximum absolute atomic E-state index is 13.8. The lowest BCUT2D eigenvalue weighted by molar-refractivity contribution is -0.136. The van der Waals surface area contributed by atoms with Gasteiger partial charge >= 0.3 is 6.18 Å². The Balaban J connectivity index is 1.31. The van der Waals surface area contributed by atoms with Gasteiger partial charge in [-0.2, -0.15) is 18.3 Å². The van der Waals surface area contributed by atoms with E-state index >= 15 is 0 Å². The fourth-order valence-electron chi connectivity index (χ4n) is 4.75. The second-order valence-electron chi connectivity index (χ2n) is 9.45. The normalized spacial score (nSPS) is 17.5. The molecule has 3 heterocycles. The van der Waals surface area contributed by atoms with Crippen LogP contribution in [0.15, 0.2) is 30.3 Å². The second kappa shape index (κ2) is 8.69. The summed E-state index contributed by atoms with van der Waals surface area (Å²) in [6.45, 7) is 7.00. The molecule has 2 fully saturated rings. The van der Waals surface area contributed by atoms with Crippen molar-refractivity contribution in [2.24, 2.45) is 0 Å². The van der Waals surface area contributed by atoms with Crippen LogP contribution in [0.5, 0.6) is 0 Å². The highest BCUT2D eigenvalue weighted by molar-refractivity contribution is 5.85. The summed E-state index contributed by atoms with van der Waals surface area (Å²) in [6.07, 6.45) is -2.82. The van der Waals surface area contributed by atoms with Crippen LogP contribution in [-0.4, -0.2) is 56.7 Å². The number of pyridine rings is 1. The van der Waals surface area contributed by atoms with Gasteiger partial charge < -0.3 is 4.90 Å². The number of fused-ring (bicyclic) bond motifs is 1. The standard InChI is InChI=1S/C25H28F3N5O/c1-16-4-3-5-18(12-16)14-31-8-10-32(11-9-31)22(34)15-33-24-23(17(2)30-33)20(25(26,27)28)13-21(29-24)19-6-7-19/h3-5,12-13,19H,6-11,14-15H2,1-2H3. The fourth-order valence-corrected chi connectivity index (χ4v) is 4.75. The van der Waals surface area contributed by atoms with Crippen LogP contribution in [0.1, 0.15) is 46.8 Å². The van der Waals surface area contributed by atoms with E-state index in [1.807, 2.05) is 6.07 Å². The van der Waals surface area contributed by atoms with Crippen molar-refractivity contribution in [3.05, 3.63) is 58.4 Å². The zero-order valence-electron chi connectivity index (χ0n) is 19.4. The summed E-state index contributed by atoms with van der Waals surface area (Å²) < 4.78 is 42.7. The minimum Gasteiger partial charge on any atom is -0.339 e. The lowest BCUT2D eigenvalue weighted by Crippen LogP contribution is -2.49. The van der Waals surface area contributed by atoms with E-state index in [2.05, 4.69) is 40.1 Å². The van der Waals surface area contributed by atoms with Gasteiger partial charge in [0.2, 0.25) is 5.91 Å². The summed E-state index contributed by atoms with van der Waals surface area (Å²) in [7, 11) is 0. The Hall–Kier alpha value is -2.94. The molecule has 34 heavy (non-hydrogen) atoms. The van der Waals surface area contributed by atoms with Gasteiger partial charge in [-0.25, -0.2) is 9.67 Å². The van der Waals surface area contributed by atoms with E-state index in [9.17, 15) is 18.0 Å². The summed E-state index contributed by atoms with van der Waals surface area (Å²) >= 11 is 0. The van der Waals surface area contributed by atoms with Crippen LogP contribution < -0.4 is 0 Å². The number of aryl methyl sites for hydroxylation is 2. The predicted octanol–water partition coefficient (Wildman–Crippen LogP) is 4.29. The van der Waals surface area contributed by atoms with E-state index < -0.39 is 11.7 Å². The smallest absolute Gasteiger partial charge is 0.339 e. The van der Waals surface area contributed by atoms with Gasteiger partial charge in [-0.1, -0.05) is 29.8 Å². The molecule has 1 amide bonds. The zero-order valence-corrected chi connectivity index (χ0v) is 19.4. The summed E-state index contributed by atoms with van der Waals surface area (Å²) in [4.78, 5) is 21.6. The van der Waals surface area contributed by atoms with Crippen molar-refractivity contribution in [1.29, 1.82) is 0 Å². The molecule has 2 aromatic heterocycles. The zero-order chi connectivity index (χ0) is 24.0. The molecule has 1 aromatic carbocycles. The molecule has 0 atom stereocenters. The van der Waals surface area contributed by atoms with Crippen LogP contribution in [0.3, 0.4) is 0 Å². The molecule has 0 bridgehead atoms. The van der Waals surface area contributed by atoms with Gasteiger partial charge in [0.25, 0.3) is 0 Å². The quantitative estimate of drug-likeness (QED) is 0.557. The number of amides is 1. The average molecular weight is 472 g/mol. The highest BCUT2D eigenvalue weighted by atomic mass is 19.4. The molecule has 180 valence electrons. The van der Waals surface area contributed by atoms with Gasteiger partial charge in [0.1, 0.15) is 6.54 Å². The van der Waals surface area contributed by atoms with Crippen molar-refractivity contribution in [2.45, 2.75) is 51.9 Å². The molecule has 1 aliphatic carbocycles. The first-order chi connectivity index (χ1) is 16.2. The Morgan fingerprint density at radius 1 is 1.09 bits per heavy atom. The minimum absolute atomic E-state index is 0.00678. The number of halogens is 3. The Bertz CT molecular complexity index is 1220. The first-order valence-electron chi connectivity index (χ1n) is 11.7. The van der Waals surface area contributed by atoms with Gasteiger partial charge in [0.15, 0.2) is 5.65 Å². The molecular formula is C25H28F3N5O. The van der Waals surface area contributed by atoms with Crippen LogP contribution in [0.4, 0.5) is 13.2 Å². The van der Waals surface area contributed by atoms with Gasteiger partial charge in [0.05, 0.1) is 16.6 Å². The van der Waals surface area contributed by atoms with Gasteiger partial charge in [0, 0.05) is 44.3 Å². The number of hydrogen-bond acceptors (Lipinski definition) is 4. The second-order valence-corrected chi connectivity index (χ2v) is 9.45. The van der Waals surface area contributed by atoms with E-state index in [0.717, 1.165) is 38.5 Å². The number of benzene rings is 1. The third kappa shape index (κ3) is 4.66.